The Hall–Kier alpha value is -0.830. The Balaban J connectivity index is 3.05. The molecular formula is C11H20N2O. The molecule has 0 aliphatic carbocycles. The maximum absolute atomic E-state index is 10.1. The summed E-state index contributed by atoms with van der Waals surface area (Å²) >= 11 is 0. The molecule has 1 atom stereocenters. The Morgan fingerprint density at radius 3 is 2.50 bits per heavy atom. The first-order valence-corrected chi connectivity index (χ1v) is 5.06. The quantitative estimate of drug-likeness (QED) is 0.786. The standard InChI is InChI=1S/C11H20N2O/c1-6-9-8(7-13(5)12-9)10(14)11(2,3)4/h7,10,14H,6H2,1-5H3. The van der Waals surface area contributed by atoms with Crippen molar-refractivity contribution in [1.82, 2.24) is 9.78 Å². The van der Waals surface area contributed by atoms with Crippen molar-refractivity contribution in [3.05, 3.63) is 17.5 Å². The molecule has 1 aromatic heterocycles. The minimum atomic E-state index is -0.439. The Bertz CT molecular complexity index is 310. The Kier molecular flexibility index (Phi) is 3.00. The van der Waals surface area contributed by atoms with Crippen molar-refractivity contribution in [2.45, 2.75) is 40.2 Å². The molecule has 0 bridgehead atoms. The van der Waals surface area contributed by atoms with Gasteiger partial charge in [-0.05, 0) is 11.8 Å². The lowest BCUT2D eigenvalue weighted by Crippen LogP contribution is -2.18. The molecule has 0 saturated heterocycles. The number of aromatic nitrogens is 2. The van der Waals surface area contributed by atoms with Crippen molar-refractivity contribution >= 4 is 0 Å². The van der Waals surface area contributed by atoms with Crippen LogP contribution < -0.4 is 0 Å². The Morgan fingerprint density at radius 2 is 2.07 bits per heavy atom. The van der Waals surface area contributed by atoms with E-state index in [0.29, 0.717) is 0 Å². The molecule has 0 aliphatic heterocycles. The molecule has 0 aromatic carbocycles. The van der Waals surface area contributed by atoms with Gasteiger partial charge < -0.3 is 5.11 Å². The van der Waals surface area contributed by atoms with Gasteiger partial charge in [-0.25, -0.2) is 0 Å². The average Bonchev–Trinajstić information content (AvgIpc) is 2.43. The van der Waals surface area contributed by atoms with Gasteiger partial charge in [0.05, 0.1) is 11.8 Å². The predicted octanol–water partition coefficient (Wildman–Crippen LogP) is 2.06. The third-order valence-corrected chi connectivity index (χ3v) is 2.39. The largest absolute Gasteiger partial charge is 0.388 e. The third kappa shape index (κ3) is 2.15. The SMILES string of the molecule is CCc1nn(C)cc1C(O)C(C)(C)C. The van der Waals surface area contributed by atoms with Crippen molar-refractivity contribution in [3.63, 3.8) is 0 Å². The maximum atomic E-state index is 10.1. The molecule has 3 nitrogen and oxygen atoms in total. The summed E-state index contributed by atoms with van der Waals surface area (Å²) in [4.78, 5) is 0. The van der Waals surface area contributed by atoms with Crippen molar-refractivity contribution in [2.75, 3.05) is 0 Å². The summed E-state index contributed by atoms with van der Waals surface area (Å²) in [5.41, 5.74) is 1.82. The van der Waals surface area contributed by atoms with Crippen molar-refractivity contribution < 1.29 is 5.11 Å². The average molecular weight is 196 g/mol. The molecule has 0 spiro atoms. The zero-order chi connectivity index (χ0) is 10.9. The topological polar surface area (TPSA) is 38.0 Å². The monoisotopic (exact) mass is 196 g/mol. The highest BCUT2D eigenvalue weighted by Gasteiger charge is 2.27. The van der Waals surface area contributed by atoms with Gasteiger partial charge in [0.2, 0.25) is 0 Å². The van der Waals surface area contributed by atoms with Crippen LogP contribution in [0, 0.1) is 5.41 Å². The van der Waals surface area contributed by atoms with Gasteiger partial charge in [-0.1, -0.05) is 27.7 Å². The summed E-state index contributed by atoms with van der Waals surface area (Å²) in [6, 6.07) is 0. The molecule has 0 fully saturated rings. The first-order valence-electron chi connectivity index (χ1n) is 5.06. The van der Waals surface area contributed by atoms with Crippen LogP contribution >= 0.6 is 0 Å². The molecule has 0 aliphatic rings. The molecule has 80 valence electrons. The number of nitrogens with zero attached hydrogens (tertiary/aromatic N) is 2. The highest BCUT2D eigenvalue weighted by Crippen LogP contribution is 2.33. The van der Waals surface area contributed by atoms with Crippen LogP contribution in [0.15, 0.2) is 6.20 Å². The fourth-order valence-electron chi connectivity index (χ4n) is 1.52. The molecular weight excluding hydrogens is 176 g/mol. The van der Waals surface area contributed by atoms with Gasteiger partial charge in [0.15, 0.2) is 0 Å². The summed E-state index contributed by atoms with van der Waals surface area (Å²) in [5, 5.41) is 14.4. The number of aryl methyl sites for hydroxylation is 2. The fraction of sp³-hybridized carbons (Fsp3) is 0.727. The first kappa shape index (κ1) is 11.2. The zero-order valence-corrected chi connectivity index (χ0v) is 9.70. The van der Waals surface area contributed by atoms with E-state index in [4.69, 9.17) is 0 Å². The second kappa shape index (κ2) is 3.73. The minimum absolute atomic E-state index is 0.132. The van der Waals surface area contributed by atoms with E-state index in [1.807, 2.05) is 34.0 Å². The summed E-state index contributed by atoms with van der Waals surface area (Å²) in [5.74, 6) is 0. The summed E-state index contributed by atoms with van der Waals surface area (Å²) in [6.45, 7) is 8.15. The molecule has 0 radical (unpaired) electrons. The number of aliphatic hydroxyl groups excluding tert-OH is 1. The Morgan fingerprint density at radius 1 is 1.50 bits per heavy atom. The van der Waals surface area contributed by atoms with E-state index in [9.17, 15) is 5.11 Å². The minimum Gasteiger partial charge on any atom is -0.388 e. The summed E-state index contributed by atoms with van der Waals surface area (Å²) < 4.78 is 1.77. The van der Waals surface area contributed by atoms with Crippen LogP contribution in [0.5, 0.6) is 0 Å². The van der Waals surface area contributed by atoms with Crippen LogP contribution in [0.25, 0.3) is 0 Å². The van der Waals surface area contributed by atoms with Crippen LogP contribution in [-0.4, -0.2) is 14.9 Å². The first-order chi connectivity index (χ1) is 6.36. The number of rotatable bonds is 2. The third-order valence-electron chi connectivity index (χ3n) is 2.39. The molecule has 1 unspecified atom stereocenters. The van der Waals surface area contributed by atoms with Crippen molar-refractivity contribution in [3.8, 4) is 0 Å². The molecule has 0 saturated carbocycles. The smallest absolute Gasteiger partial charge is 0.0871 e. The zero-order valence-electron chi connectivity index (χ0n) is 9.70. The molecule has 0 amide bonds. The van der Waals surface area contributed by atoms with Crippen LogP contribution in [0.4, 0.5) is 0 Å². The lowest BCUT2D eigenvalue weighted by molar-refractivity contribution is 0.0619. The van der Waals surface area contributed by atoms with Crippen LogP contribution in [0.2, 0.25) is 0 Å². The lowest BCUT2D eigenvalue weighted by Gasteiger charge is -2.25. The van der Waals surface area contributed by atoms with Crippen LogP contribution in [-0.2, 0) is 13.5 Å². The van der Waals surface area contributed by atoms with Gasteiger partial charge in [0, 0.05) is 18.8 Å². The van der Waals surface area contributed by atoms with Gasteiger partial charge in [0.25, 0.3) is 0 Å². The van der Waals surface area contributed by atoms with Gasteiger partial charge >= 0.3 is 0 Å². The second-order valence-corrected chi connectivity index (χ2v) is 4.83. The van der Waals surface area contributed by atoms with E-state index in [1.54, 1.807) is 4.68 Å². The van der Waals surface area contributed by atoms with Crippen LogP contribution in [0.1, 0.15) is 45.1 Å². The van der Waals surface area contributed by atoms with E-state index in [0.717, 1.165) is 17.7 Å². The molecule has 1 heterocycles. The Labute approximate surface area is 85.8 Å². The highest BCUT2D eigenvalue weighted by molar-refractivity contribution is 5.21. The summed E-state index contributed by atoms with van der Waals surface area (Å²) in [7, 11) is 1.89. The number of hydrogen-bond donors (Lipinski definition) is 1. The van der Waals surface area contributed by atoms with E-state index in [-0.39, 0.29) is 5.41 Å². The van der Waals surface area contributed by atoms with Gasteiger partial charge in [-0.2, -0.15) is 5.10 Å². The normalized spacial score (nSPS) is 14.4. The van der Waals surface area contributed by atoms with Crippen molar-refractivity contribution in [2.24, 2.45) is 12.5 Å². The molecule has 1 aromatic rings. The van der Waals surface area contributed by atoms with Gasteiger partial charge in [-0.3, -0.25) is 4.68 Å². The summed E-state index contributed by atoms with van der Waals surface area (Å²) in [6.07, 6.45) is 2.34. The molecule has 1 rings (SSSR count). The predicted molar refractivity (Wildman–Crippen MR) is 57.0 cm³/mol. The fourth-order valence-corrected chi connectivity index (χ4v) is 1.52. The second-order valence-electron chi connectivity index (χ2n) is 4.83. The molecule has 1 N–H and O–H groups in total. The van der Waals surface area contributed by atoms with Gasteiger partial charge in [-0.15, -0.1) is 0 Å². The van der Waals surface area contributed by atoms with E-state index in [1.165, 1.54) is 0 Å². The van der Waals surface area contributed by atoms with E-state index in [2.05, 4.69) is 12.0 Å². The van der Waals surface area contributed by atoms with Crippen LogP contribution in [0.3, 0.4) is 0 Å². The number of aliphatic hydroxyl groups is 1. The lowest BCUT2D eigenvalue weighted by atomic mass is 9.85. The maximum Gasteiger partial charge on any atom is 0.0871 e. The molecule has 3 heteroatoms. The molecule has 14 heavy (non-hydrogen) atoms. The van der Waals surface area contributed by atoms with E-state index < -0.39 is 6.10 Å². The van der Waals surface area contributed by atoms with E-state index >= 15 is 0 Å². The highest BCUT2D eigenvalue weighted by atomic mass is 16.3. The van der Waals surface area contributed by atoms with Crippen molar-refractivity contribution in [1.29, 1.82) is 0 Å². The van der Waals surface area contributed by atoms with Gasteiger partial charge in [0.1, 0.15) is 0 Å². The number of hydrogen-bond acceptors (Lipinski definition) is 2.